The highest BCUT2D eigenvalue weighted by molar-refractivity contribution is 7.99. The number of amides is 3. The lowest BCUT2D eigenvalue weighted by atomic mass is 9.55. The smallest absolute Gasteiger partial charge is 0.347 e. The van der Waals surface area contributed by atoms with Gasteiger partial charge in [0.1, 0.15) is 17.6 Å². The highest BCUT2D eigenvalue weighted by atomic mass is 32.2. The molecular weight excluding hydrogens is 638 g/mol. The monoisotopic (exact) mass is 681 g/mol. The minimum absolute atomic E-state index is 0.0115. The Kier molecular flexibility index (Phi) is 9.47. The fourth-order valence-corrected chi connectivity index (χ4v) is 10.3. The summed E-state index contributed by atoms with van der Waals surface area (Å²) in [5.41, 5.74) is 0.988. The zero-order valence-electron chi connectivity index (χ0n) is 27.2. The third-order valence-electron chi connectivity index (χ3n) is 11.8. The first-order valence-electron chi connectivity index (χ1n) is 16.8. The van der Waals surface area contributed by atoms with Crippen molar-refractivity contribution in [3.05, 3.63) is 29.3 Å². The molecule has 1 aliphatic heterocycles. The summed E-state index contributed by atoms with van der Waals surface area (Å²) in [7, 11) is 0. The quantitative estimate of drug-likeness (QED) is 0.0984. The maximum Gasteiger partial charge on any atom is 0.347 e. The van der Waals surface area contributed by atoms with Crippen LogP contribution in [0.1, 0.15) is 82.3 Å². The number of Topliss-reactive ketones (excluding diaryl/α,β-unsaturated/α-hetero) is 2. The summed E-state index contributed by atoms with van der Waals surface area (Å²) in [6, 6.07) is 0.799. The molecule has 0 bridgehead atoms. The molecule has 13 heteroatoms. The van der Waals surface area contributed by atoms with Crippen LogP contribution in [-0.2, 0) is 40.0 Å². The van der Waals surface area contributed by atoms with Crippen LogP contribution in [0.2, 0.25) is 0 Å². The molecule has 3 amide bonds. The lowest BCUT2D eigenvalue weighted by Crippen LogP contribution is -2.43. The minimum Gasteiger partial charge on any atom is -0.504 e. The van der Waals surface area contributed by atoms with Gasteiger partial charge in [0.2, 0.25) is 5.91 Å². The van der Waals surface area contributed by atoms with Crippen LogP contribution in [0.3, 0.4) is 0 Å². The molecule has 48 heavy (non-hydrogen) atoms. The van der Waals surface area contributed by atoms with Crippen LogP contribution in [-0.4, -0.2) is 68.7 Å². The van der Waals surface area contributed by atoms with Crippen molar-refractivity contribution in [2.24, 2.45) is 40.9 Å². The van der Waals surface area contributed by atoms with E-state index < -0.39 is 29.3 Å². The van der Waals surface area contributed by atoms with Crippen LogP contribution in [0.25, 0.3) is 0 Å². The normalized spacial score (nSPS) is 31.6. The molecule has 12 nitrogen and oxygen atoms in total. The van der Waals surface area contributed by atoms with Crippen LogP contribution >= 0.6 is 11.8 Å². The van der Waals surface area contributed by atoms with Crippen molar-refractivity contribution >= 4 is 47.0 Å². The molecule has 5 N–H and O–H groups in total. The Morgan fingerprint density at radius 2 is 1.75 bits per heavy atom. The number of phenols is 2. The largest absolute Gasteiger partial charge is 0.504 e. The lowest BCUT2D eigenvalue weighted by molar-refractivity contribution is -0.147. The third kappa shape index (κ3) is 6.04. The van der Waals surface area contributed by atoms with Gasteiger partial charge in [0.25, 0.3) is 11.8 Å². The summed E-state index contributed by atoms with van der Waals surface area (Å²) in [6.07, 6.45) is 8.41. The zero-order valence-corrected chi connectivity index (χ0v) is 28.1. The van der Waals surface area contributed by atoms with Crippen molar-refractivity contribution in [3.8, 4) is 11.5 Å². The second-order valence-corrected chi connectivity index (χ2v) is 15.5. The van der Waals surface area contributed by atoms with E-state index in [4.69, 9.17) is 5.90 Å². The zero-order chi connectivity index (χ0) is 34.5. The highest BCUT2D eigenvalue weighted by Gasteiger charge is 2.60. The molecule has 1 aromatic carbocycles. The van der Waals surface area contributed by atoms with E-state index in [1.807, 2.05) is 13.0 Å². The Bertz CT molecular complexity index is 1570. The van der Waals surface area contributed by atoms with Crippen molar-refractivity contribution in [1.82, 2.24) is 10.2 Å². The number of aromatic hydroxyl groups is 2. The van der Waals surface area contributed by atoms with Gasteiger partial charge >= 0.3 is 5.97 Å². The average molecular weight is 682 g/mol. The predicted octanol–water partition coefficient (Wildman–Crippen LogP) is 3.06. The van der Waals surface area contributed by atoms with Gasteiger partial charge in [-0.1, -0.05) is 6.92 Å². The van der Waals surface area contributed by atoms with Gasteiger partial charge in [-0.05, 0) is 93.1 Å². The Morgan fingerprint density at radius 1 is 1.06 bits per heavy atom. The molecule has 0 aromatic heterocycles. The van der Waals surface area contributed by atoms with Gasteiger partial charge in [-0.3, -0.25) is 28.9 Å². The Hall–Kier alpha value is -3.71. The molecule has 1 aromatic rings. The molecule has 3 saturated carbocycles. The summed E-state index contributed by atoms with van der Waals surface area (Å²) in [5, 5.41) is 24.4. The summed E-state index contributed by atoms with van der Waals surface area (Å²) in [6.45, 7) is 3.64. The number of nitrogens with zero attached hydrogens (tertiary/aromatic N) is 1. The second-order valence-electron chi connectivity index (χ2n) is 14.4. The fourth-order valence-electron chi connectivity index (χ4n) is 9.30. The molecule has 3 fully saturated rings. The van der Waals surface area contributed by atoms with Gasteiger partial charge in [-0.25, -0.2) is 4.79 Å². The number of thioether (sulfide) groups is 1. The van der Waals surface area contributed by atoms with E-state index >= 15 is 0 Å². The van der Waals surface area contributed by atoms with E-state index in [9.17, 15) is 39.0 Å². The van der Waals surface area contributed by atoms with Crippen molar-refractivity contribution in [3.63, 3.8) is 0 Å². The minimum atomic E-state index is -1.05. The molecule has 0 radical (unpaired) electrons. The van der Waals surface area contributed by atoms with Gasteiger partial charge < -0.3 is 20.4 Å². The maximum atomic E-state index is 14.0. The molecule has 6 rings (SSSR count). The topological polar surface area (TPSA) is 193 Å². The molecule has 6 atom stereocenters. The van der Waals surface area contributed by atoms with E-state index in [1.165, 1.54) is 24.0 Å². The molecule has 258 valence electrons. The molecule has 5 unspecified atom stereocenters. The van der Waals surface area contributed by atoms with Gasteiger partial charge in [0.05, 0.1) is 10.8 Å². The molecular formula is C35H43N3O9S. The average Bonchev–Trinajstić information content (AvgIpc) is 3.53. The number of carbonyl (C=O) groups excluding carboxylic acids is 6. The Labute approximate surface area is 283 Å². The number of fused-ring (bicyclic) bond motifs is 5. The van der Waals surface area contributed by atoms with Crippen molar-refractivity contribution < 1.29 is 43.8 Å². The SMILES string of the molecule is CC(=O)NC(CSc1cc2c(c(O)c1O)CCC1C2CC[C@]2(C)C(=O)C(C(=O)C3CCC(CN4C(=O)C=CC4=O)CC3)CC12)C(=O)ON. The van der Waals surface area contributed by atoms with E-state index in [2.05, 4.69) is 10.2 Å². The van der Waals surface area contributed by atoms with E-state index in [0.29, 0.717) is 55.5 Å². The molecule has 1 heterocycles. The van der Waals surface area contributed by atoms with Crippen molar-refractivity contribution in [1.29, 1.82) is 0 Å². The van der Waals surface area contributed by atoms with Crippen molar-refractivity contribution in [2.45, 2.75) is 88.5 Å². The van der Waals surface area contributed by atoms with Crippen LogP contribution in [0.4, 0.5) is 0 Å². The number of phenolic OH excluding ortho intramolecular Hbond substituents is 2. The van der Waals surface area contributed by atoms with Crippen LogP contribution in [0.5, 0.6) is 11.5 Å². The number of imide groups is 1. The maximum absolute atomic E-state index is 14.0. The number of carbonyl (C=O) groups is 6. The number of ketones is 2. The standard InChI is InChI=1S/C35H43N3O9S/c1-17(39)37-26(34(46)47-36)16-48-27-14-23-20-11-12-35(2)25(21(20)7-8-22(23)31(43)32(27)44)13-24(33(35)45)30(42)19-5-3-18(4-6-19)15-38-28(40)9-10-29(38)41/h9-10,14,18-21,24-26,43-44H,3-8,11-13,15-16,36H2,1-2H3,(H,37,39)/t18?,19?,20?,21?,24?,25?,26?,35-/m0/s1. The second kappa shape index (κ2) is 13.3. The summed E-state index contributed by atoms with van der Waals surface area (Å²) in [5.74, 6) is 2.26. The number of rotatable bonds is 9. The number of benzene rings is 1. The van der Waals surface area contributed by atoms with E-state index in [0.717, 1.165) is 36.6 Å². The van der Waals surface area contributed by atoms with Gasteiger partial charge in [-0.15, -0.1) is 11.8 Å². The summed E-state index contributed by atoms with van der Waals surface area (Å²) in [4.78, 5) is 81.6. The number of hydrogen-bond acceptors (Lipinski definition) is 11. The first-order chi connectivity index (χ1) is 22.8. The number of nitrogens with one attached hydrogen (secondary N) is 1. The summed E-state index contributed by atoms with van der Waals surface area (Å²) < 4.78 is 0. The van der Waals surface area contributed by atoms with Crippen molar-refractivity contribution in [2.75, 3.05) is 12.3 Å². The first kappa shape index (κ1) is 34.2. The highest BCUT2D eigenvalue weighted by Crippen LogP contribution is 2.62. The number of hydrogen-bond donors (Lipinski definition) is 4. The van der Waals surface area contributed by atoms with Gasteiger partial charge in [-0.2, -0.15) is 5.90 Å². The van der Waals surface area contributed by atoms with E-state index in [1.54, 1.807) is 0 Å². The molecule has 0 saturated heterocycles. The Balaban J connectivity index is 1.15. The predicted molar refractivity (Wildman–Crippen MR) is 173 cm³/mol. The molecule has 4 aliphatic carbocycles. The third-order valence-corrected chi connectivity index (χ3v) is 12.9. The van der Waals surface area contributed by atoms with Gasteiger partial charge in [0.15, 0.2) is 11.5 Å². The Morgan fingerprint density at radius 3 is 2.40 bits per heavy atom. The molecule has 0 spiro atoms. The summed E-state index contributed by atoms with van der Waals surface area (Å²) >= 11 is 1.10. The van der Waals surface area contributed by atoms with Gasteiger partial charge in [0, 0.05) is 48.3 Å². The fraction of sp³-hybridized carbons (Fsp3) is 0.600. The lowest BCUT2D eigenvalue weighted by Gasteiger charge is -2.48. The number of nitrogens with two attached hydrogens (primary N) is 1. The molecule has 5 aliphatic rings. The van der Waals surface area contributed by atoms with Crippen LogP contribution < -0.4 is 11.2 Å². The van der Waals surface area contributed by atoms with E-state index in [-0.39, 0.29) is 70.2 Å². The van der Waals surface area contributed by atoms with Crippen LogP contribution in [0.15, 0.2) is 23.1 Å². The first-order valence-corrected chi connectivity index (χ1v) is 17.8. The van der Waals surface area contributed by atoms with Crippen LogP contribution in [0, 0.1) is 35.0 Å².